The van der Waals surface area contributed by atoms with Crippen LogP contribution in [0, 0.1) is 43.9 Å². The van der Waals surface area contributed by atoms with Crippen LogP contribution in [-0.4, -0.2) is 215 Å². The van der Waals surface area contributed by atoms with E-state index >= 15 is 0 Å². The van der Waals surface area contributed by atoms with Crippen molar-refractivity contribution in [3.8, 4) is 0 Å². The fourth-order valence-corrected chi connectivity index (χ4v) is 10.8. The minimum absolute atomic E-state index is 0.0134. The number of primary amides is 1. The Labute approximate surface area is 653 Å². The highest BCUT2D eigenvalue weighted by Crippen LogP contribution is 2.29. The molecule has 13 amide bonds. The van der Waals surface area contributed by atoms with Gasteiger partial charge >= 0.3 is 0 Å². The molecule has 0 saturated carbocycles. The number of guanidine groups is 3. The number of nitrogens with zero attached hydrogens (tertiary/aromatic N) is 5. The highest BCUT2D eigenvalue weighted by molar-refractivity contribution is 6.02. The van der Waals surface area contributed by atoms with Gasteiger partial charge in [-0.15, -0.1) is 0 Å². The molecule has 30 N–H and O–H groups in total. The second-order valence-electron chi connectivity index (χ2n) is 27.8. The van der Waals surface area contributed by atoms with Crippen molar-refractivity contribution in [2.45, 2.75) is 200 Å². The van der Waals surface area contributed by atoms with E-state index in [4.69, 9.17) is 45.9 Å². The Kier molecular flexibility index (Phi) is 42.0. The summed E-state index contributed by atoms with van der Waals surface area (Å²) in [4.78, 5) is 213. The quantitative estimate of drug-likeness (QED) is 0.00737. The summed E-state index contributed by atoms with van der Waals surface area (Å²) >= 11 is 0. The Balaban J connectivity index is 2.48. The smallest absolute Gasteiger partial charge is 0.299 e. The predicted octanol–water partition coefficient (Wildman–Crippen LogP) is -4.88. The summed E-state index contributed by atoms with van der Waals surface area (Å²) in [6.07, 6.45) is -1.67. The lowest BCUT2D eigenvalue weighted by Crippen LogP contribution is -2.63. The Morgan fingerprint density at radius 1 is 0.451 bits per heavy atom. The zero-order chi connectivity index (χ0) is 85.5. The molecule has 0 aliphatic rings. The van der Waals surface area contributed by atoms with Crippen LogP contribution in [0.2, 0.25) is 0 Å². The van der Waals surface area contributed by atoms with Crippen LogP contribution in [0.5, 0.6) is 0 Å². The first-order valence-electron chi connectivity index (χ1n) is 36.7. The number of carbonyl (C=O) groups is 13. The average molecular weight is 1600 g/mol. The number of hydrogen-bond donors (Lipinski definition) is 22. The Bertz CT molecular complexity index is 3710. The van der Waals surface area contributed by atoms with Crippen LogP contribution in [0.4, 0.5) is 22.7 Å². The molecule has 0 unspecified atom stereocenters. The molecule has 113 heavy (non-hydrogen) atoms. The van der Waals surface area contributed by atoms with Crippen molar-refractivity contribution in [1.82, 2.24) is 63.8 Å². The van der Waals surface area contributed by atoms with Crippen LogP contribution in [0.25, 0.3) is 0 Å². The van der Waals surface area contributed by atoms with E-state index < -0.39 is 201 Å². The molecule has 44 nitrogen and oxygen atoms in total. The molecule has 12 atom stereocenters. The molecule has 0 bridgehead atoms. The average Bonchev–Trinajstić information content (AvgIpc) is 0.849. The fraction of sp³-hybridized carbons (Fsp3) is 0.594. The highest BCUT2D eigenvalue weighted by atomic mass is 16.6. The van der Waals surface area contributed by atoms with Gasteiger partial charge in [-0.3, -0.25) is 97.5 Å². The number of hydrogen-bond acceptors (Lipinski definition) is 23. The molecule has 2 aromatic rings. The largest absolute Gasteiger partial charge is 0.398 e. The number of aliphatic hydroxyl groups excluding tert-OH is 1. The lowest BCUT2D eigenvalue weighted by Gasteiger charge is -2.31. The van der Waals surface area contributed by atoms with Crippen molar-refractivity contribution in [1.29, 1.82) is 0 Å². The molecule has 0 aromatic heterocycles. The third-order valence-corrected chi connectivity index (χ3v) is 17.4. The van der Waals surface area contributed by atoms with Crippen molar-refractivity contribution >= 4 is 117 Å². The van der Waals surface area contributed by atoms with E-state index in [-0.39, 0.29) is 119 Å². The van der Waals surface area contributed by atoms with Crippen LogP contribution >= 0.6 is 0 Å². The number of nitrogens with two attached hydrogens (primary N) is 8. The van der Waals surface area contributed by atoms with Gasteiger partial charge in [0.2, 0.25) is 70.9 Å². The van der Waals surface area contributed by atoms with Crippen LogP contribution in [0.3, 0.4) is 0 Å². The van der Waals surface area contributed by atoms with Gasteiger partial charge in [0.25, 0.3) is 17.3 Å². The maximum atomic E-state index is 14.8. The van der Waals surface area contributed by atoms with E-state index in [1.54, 1.807) is 53.7 Å². The van der Waals surface area contributed by atoms with Gasteiger partial charge in [-0.05, 0) is 114 Å². The lowest BCUT2D eigenvalue weighted by molar-refractivity contribution is -0.393. The third kappa shape index (κ3) is 35.1. The molecular formula is C69H114N26O18. The van der Waals surface area contributed by atoms with Crippen molar-refractivity contribution in [2.24, 2.45) is 78.8 Å². The van der Waals surface area contributed by atoms with E-state index in [1.807, 2.05) is 0 Å². The van der Waals surface area contributed by atoms with Crippen LogP contribution < -0.4 is 115 Å². The summed E-state index contributed by atoms with van der Waals surface area (Å²) in [5.41, 5.74) is 43.6. The first-order chi connectivity index (χ1) is 53.0. The summed E-state index contributed by atoms with van der Waals surface area (Å²) in [7, 11) is 0. The standard InChI is InChI=1S/C69H114N26O18/c1-11-37(8)54(92-64(107)53(36(6)7)90-63(106)51(34(2)3)89-50(98)33-82-49(97)32-83-58(101)41-19-12-13-20-42(41)70)65(108)84-38(9)57(100)93-55(39(10)96)66(109)91-52(35(4)5)62(105)88-45(21-14-15-27-78-43-26-25-40(94(110)111)31-48(43)95(112)113)60(103)87-47(24-18-30-81-69(76)77)61(104)86-46(23-17-29-80-68(74)75)59(102)85-44(56(71)99)22-16-28-79-67(72)73/h12-13,19-20,25-26,31,34-39,44-47,51-55,78,96H,11,14-18,21-24,27-30,32-33,70H2,1-10H3,(H2,71,99)(H,82,97)(H,83,101)(H,84,108)(H,85,102)(H,86,104)(H,87,103)(H,88,105)(H,89,98)(H,90,106)(H,91,109)(H,92,107)(H,93,100)(H4,72,73,79)(H4,74,75,80)(H4,76,77,81)/t37-,38-,39+,44+,45-,46+,47+,51-,52-,53-,54-,55-/m0/s1. The zero-order valence-corrected chi connectivity index (χ0v) is 65.3. The minimum Gasteiger partial charge on any atom is -0.398 e. The van der Waals surface area contributed by atoms with Gasteiger partial charge in [0, 0.05) is 37.9 Å². The topological polar surface area (TPSA) is 730 Å². The maximum absolute atomic E-state index is 14.8. The summed E-state index contributed by atoms with van der Waals surface area (Å²) in [6, 6.07) is -5.59. The molecule has 2 aromatic carbocycles. The number of para-hydroxylation sites is 1. The van der Waals surface area contributed by atoms with E-state index in [0.29, 0.717) is 6.42 Å². The number of benzene rings is 2. The van der Waals surface area contributed by atoms with Crippen LogP contribution in [-0.2, 0) is 57.5 Å². The van der Waals surface area contributed by atoms with E-state index in [0.717, 1.165) is 25.1 Å². The lowest BCUT2D eigenvalue weighted by atomic mass is 9.95. The molecule has 628 valence electrons. The number of aliphatic imine (C=N–C) groups is 3. The Morgan fingerprint density at radius 3 is 1.30 bits per heavy atom. The van der Waals surface area contributed by atoms with Crippen molar-refractivity contribution < 1.29 is 77.3 Å². The molecule has 0 aliphatic heterocycles. The van der Waals surface area contributed by atoms with Gasteiger partial charge in [0.05, 0.1) is 40.7 Å². The molecule has 0 spiro atoms. The third-order valence-electron chi connectivity index (χ3n) is 17.4. The SMILES string of the molecule is CC[C@H](C)[C@H](NC(=O)[C@@H](NC(=O)[C@@H](NC(=O)CNC(=O)CNC(=O)c1ccccc1N)C(C)C)C(C)C)C(=O)N[C@@H](C)C(=O)N[C@H](C(=O)N[C@H](C(=O)N[C@@H](CCCCNc1ccc([N+](=O)[O-])cc1[N+](=O)[O-])C(=O)N[C@H](CCCN=C(N)N)C(=O)N[C@H](CCCN=C(N)N)C(=O)N[C@H](CCCN=C(N)N)C(N)=O)C(C)C)[C@@H](C)O. The summed E-state index contributed by atoms with van der Waals surface area (Å²) in [5.74, 6) is -15.1. The Morgan fingerprint density at radius 2 is 0.858 bits per heavy atom. The number of nitrogen functional groups attached to an aromatic ring is 1. The van der Waals surface area contributed by atoms with Crippen LogP contribution in [0.15, 0.2) is 57.4 Å². The summed E-state index contributed by atoms with van der Waals surface area (Å²) in [5, 5.41) is 67.6. The number of nitro groups is 2. The Hall–Kier alpha value is -12.3. The van der Waals surface area contributed by atoms with Gasteiger partial charge in [0.1, 0.15) is 66.1 Å². The minimum atomic E-state index is -1.85. The number of amides is 13. The summed E-state index contributed by atoms with van der Waals surface area (Å²) in [6.45, 7) is 14.0. The number of nitro benzene ring substituents is 2. The van der Waals surface area contributed by atoms with Gasteiger partial charge in [0.15, 0.2) is 17.9 Å². The number of non-ortho nitro benzene ring substituents is 1. The number of unbranched alkanes of at least 4 members (excludes halogenated alkanes) is 1. The number of aliphatic hydroxyl groups is 1. The van der Waals surface area contributed by atoms with E-state index in [1.165, 1.54) is 32.9 Å². The molecule has 2 rings (SSSR count). The van der Waals surface area contributed by atoms with Crippen molar-refractivity contribution in [3.05, 3.63) is 68.3 Å². The first kappa shape index (κ1) is 96.8. The van der Waals surface area contributed by atoms with Crippen molar-refractivity contribution in [2.75, 3.05) is 50.3 Å². The van der Waals surface area contributed by atoms with Gasteiger partial charge in [-0.25, -0.2) is 0 Å². The first-order valence-corrected chi connectivity index (χ1v) is 36.7. The molecule has 0 radical (unpaired) electrons. The molecular weight excluding hydrogens is 1480 g/mol. The van der Waals surface area contributed by atoms with Crippen LogP contribution in [0.1, 0.15) is 144 Å². The van der Waals surface area contributed by atoms with Gasteiger partial charge < -0.3 is 120 Å². The fourth-order valence-electron chi connectivity index (χ4n) is 10.8. The molecule has 0 aliphatic carbocycles. The highest BCUT2D eigenvalue weighted by Gasteiger charge is 2.39. The molecule has 0 heterocycles. The summed E-state index contributed by atoms with van der Waals surface area (Å²) < 4.78 is 0. The molecule has 44 heteroatoms. The zero-order valence-electron chi connectivity index (χ0n) is 65.3. The number of nitrogens with one attached hydrogen (secondary N) is 13. The second kappa shape index (κ2) is 49.1. The number of anilines is 2. The van der Waals surface area contributed by atoms with E-state index in [9.17, 15) is 87.7 Å². The second-order valence-corrected chi connectivity index (χ2v) is 27.8. The van der Waals surface area contributed by atoms with Gasteiger partial charge in [-0.2, -0.15) is 0 Å². The van der Waals surface area contributed by atoms with E-state index in [2.05, 4.69) is 84.1 Å². The van der Waals surface area contributed by atoms with Gasteiger partial charge in [-0.1, -0.05) is 73.9 Å². The monoisotopic (exact) mass is 1590 g/mol. The number of rotatable bonds is 51. The normalized spacial score (nSPS) is 14.2. The number of carbonyl (C=O) groups excluding carboxylic acids is 13. The molecule has 0 saturated heterocycles. The van der Waals surface area contributed by atoms with Crippen molar-refractivity contribution in [3.63, 3.8) is 0 Å². The predicted molar refractivity (Wildman–Crippen MR) is 418 cm³/mol. The molecule has 0 fully saturated rings. The maximum Gasteiger partial charge on any atom is 0.299 e.